The molecule has 2 N–H and O–H groups in total. The van der Waals surface area contributed by atoms with E-state index in [9.17, 15) is 0 Å². The molecule has 0 amide bonds. The summed E-state index contributed by atoms with van der Waals surface area (Å²) in [6.45, 7) is 8.91. The van der Waals surface area contributed by atoms with Gasteiger partial charge in [0.1, 0.15) is 0 Å². The Labute approximate surface area is 154 Å². The van der Waals surface area contributed by atoms with Crippen molar-refractivity contribution in [2.75, 3.05) is 12.1 Å². The maximum atomic E-state index is 5.53. The van der Waals surface area contributed by atoms with Crippen molar-refractivity contribution in [1.29, 1.82) is 0 Å². The summed E-state index contributed by atoms with van der Waals surface area (Å²) >= 11 is 5.53. The molecule has 25 heavy (non-hydrogen) atoms. The zero-order valence-corrected chi connectivity index (χ0v) is 15.9. The Morgan fingerprint density at radius 3 is 2.52 bits per heavy atom. The van der Waals surface area contributed by atoms with E-state index < -0.39 is 0 Å². The molecule has 0 radical (unpaired) electrons. The predicted octanol–water partition coefficient (Wildman–Crippen LogP) is 4.72. The first-order valence-corrected chi connectivity index (χ1v) is 8.89. The molecule has 2 aromatic rings. The lowest BCUT2D eigenvalue weighted by Crippen LogP contribution is -2.35. The van der Waals surface area contributed by atoms with Gasteiger partial charge in [0, 0.05) is 11.8 Å². The van der Waals surface area contributed by atoms with E-state index in [1.807, 2.05) is 18.2 Å². The third kappa shape index (κ3) is 4.04. The van der Waals surface area contributed by atoms with Crippen LogP contribution in [-0.4, -0.2) is 11.9 Å². The van der Waals surface area contributed by atoms with E-state index in [1.54, 1.807) is 0 Å². The summed E-state index contributed by atoms with van der Waals surface area (Å²) in [5, 5.41) is 7.29. The number of aryl methyl sites for hydroxylation is 2. The molecule has 0 saturated carbocycles. The van der Waals surface area contributed by atoms with Crippen molar-refractivity contribution >= 4 is 23.0 Å². The molecule has 1 atom stereocenters. The van der Waals surface area contributed by atoms with Crippen molar-refractivity contribution in [2.24, 2.45) is 5.92 Å². The summed E-state index contributed by atoms with van der Waals surface area (Å²) in [5.41, 5.74) is 4.70. The van der Waals surface area contributed by atoms with Crippen LogP contribution in [0, 0.1) is 19.8 Å². The molecular weight excluding hydrogens is 332 g/mol. The number of thiocarbonyl (C=S) groups is 1. The molecule has 0 aromatic heterocycles. The van der Waals surface area contributed by atoms with Crippen molar-refractivity contribution in [2.45, 2.75) is 33.7 Å². The number of benzene rings is 2. The Morgan fingerprint density at radius 2 is 1.80 bits per heavy atom. The highest BCUT2D eigenvalue weighted by molar-refractivity contribution is 7.80. The summed E-state index contributed by atoms with van der Waals surface area (Å²) < 4.78 is 10.7. The molecule has 0 bridgehead atoms. The van der Waals surface area contributed by atoms with Gasteiger partial charge in [0.25, 0.3) is 0 Å². The molecule has 0 fully saturated rings. The Kier molecular flexibility index (Phi) is 5.13. The standard InChI is InChI=1S/C20H24N2O2S/c1-12(2)19(16-7-5-13(3)9-14(16)4)22-20(25)21-15-6-8-17-18(10-15)24-11-23-17/h5-10,12,19H,11H2,1-4H3,(H2,21,22,25). The average molecular weight is 356 g/mol. The molecular formula is C20H24N2O2S. The van der Waals surface area contributed by atoms with Crippen LogP contribution in [0.2, 0.25) is 0 Å². The highest BCUT2D eigenvalue weighted by atomic mass is 32.1. The Bertz CT molecular complexity index is 789. The van der Waals surface area contributed by atoms with Crippen LogP contribution in [0.4, 0.5) is 5.69 Å². The van der Waals surface area contributed by atoms with Gasteiger partial charge >= 0.3 is 0 Å². The number of nitrogens with one attached hydrogen (secondary N) is 2. The lowest BCUT2D eigenvalue weighted by molar-refractivity contribution is 0.174. The van der Waals surface area contributed by atoms with Crippen LogP contribution >= 0.6 is 12.2 Å². The number of ether oxygens (including phenoxy) is 2. The molecule has 1 aliphatic heterocycles. The molecule has 4 nitrogen and oxygen atoms in total. The van der Waals surface area contributed by atoms with Crippen LogP contribution in [0.1, 0.15) is 36.6 Å². The molecule has 132 valence electrons. The van der Waals surface area contributed by atoms with Gasteiger partial charge in [-0.1, -0.05) is 37.6 Å². The normalized spacial score (nSPS) is 13.6. The van der Waals surface area contributed by atoms with E-state index in [2.05, 4.69) is 56.5 Å². The summed E-state index contributed by atoms with van der Waals surface area (Å²) in [6.07, 6.45) is 0. The van der Waals surface area contributed by atoms with Crippen LogP contribution in [0.5, 0.6) is 11.5 Å². The Morgan fingerprint density at radius 1 is 1.04 bits per heavy atom. The van der Waals surface area contributed by atoms with Crippen LogP contribution in [0.15, 0.2) is 36.4 Å². The first kappa shape index (κ1) is 17.5. The largest absolute Gasteiger partial charge is 0.454 e. The zero-order valence-electron chi connectivity index (χ0n) is 15.1. The molecule has 1 heterocycles. The van der Waals surface area contributed by atoms with Crippen LogP contribution in [0.25, 0.3) is 0 Å². The average Bonchev–Trinajstić information content (AvgIpc) is 3.00. The first-order valence-electron chi connectivity index (χ1n) is 8.48. The smallest absolute Gasteiger partial charge is 0.231 e. The molecule has 1 aliphatic rings. The Hall–Kier alpha value is -2.27. The maximum absolute atomic E-state index is 5.53. The highest BCUT2D eigenvalue weighted by Gasteiger charge is 2.19. The van der Waals surface area contributed by atoms with Gasteiger partial charge in [-0.15, -0.1) is 0 Å². The van der Waals surface area contributed by atoms with Gasteiger partial charge in [-0.3, -0.25) is 0 Å². The summed E-state index contributed by atoms with van der Waals surface area (Å²) in [7, 11) is 0. The third-order valence-corrected chi connectivity index (χ3v) is 4.56. The predicted molar refractivity (Wildman–Crippen MR) is 105 cm³/mol. The molecule has 5 heteroatoms. The van der Waals surface area contributed by atoms with E-state index in [1.165, 1.54) is 16.7 Å². The van der Waals surface area contributed by atoms with Crippen molar-refractivity contribution in [3.63, 3.8) is 0 Å². The first-order chi connectivity index (χ1) is 11.9. The van der Waals surface area contributed by atoms with Crippen LogP contribution in [-0.2, 0) is 0 Å². The fourth-order valence-electron chi connectivity index (χ4n) is 3.06. The van der Waals surface area contributed by atoms with Crippen molar-refractivity contribution in [3.8, 4) is 11.5 Å². The quantitative estimate of drug-likeness (QED) is 0.776. The second-order valence-electron chi connectivity index (χ2n) is 6.75. The lowest BCUT2D eigenvalue weighted by Gasteiger charge is -2.26. The van der Waals surface area contributed by atoms with Gasteiger partial charge in [-0.2, -0.15) is 0 Å². The lowest BCUT2D eigenvalue weighted by atomic mass is 9.92. The van der Waals surface area contributed by atoms with Gasteiger partial charge in [-0.05, 0) is 55.2 Å². The van der Waals surface area contributed by atoms with E-state index in [4.69, 9.17) is 21.7 Å². The van der Waals surface area contributed by atoms with E-state index in [-0.39, 0.29) is 12.8 Å². The molecule has 3 rings (SSSR count). The SMILES string of the molecule is Cc1ccc(C(NC(=S)Nc2ccc3c(c2)OCO3)C(C)C)c(C)c1. The molecule has 1 unspecified atom stereocenters. The third-order valence-electron chi connectivity index (χ3n) is 4.34. The zero-order chi connectivity index (χ0) is 18.0. The number of hydrogen-bond acceptors (Lipinski definition) is 3. The summed E-state index contributed by atoms with van der Waals surface area (Å²) in [5.74, 6) is 1.90. The van der Waals surface area contributed by atoms with Crippen LogP contribution in [0.3, 0.4) is 0 Å². The van der Waals surface area contributed by atoms with Gasteiger partial charge in [0.15, 0.2) is 16.6 Å². The fraction of sp³-hybridized carbons (Fsp3) is 0.350. The molecule has 0 aliphatic carbocycles. The number of anilines is 1. The fourth-order valence-corrected chi connectivity index (χ4v) is 3.31. The van der Waals surface area contributed by atoms with Gasteiger partial charge in [0.2, 0.25) is 6.79 Å². The minimum Gasteiger partial charge on any atom is -0.454 e. The van der Waals surface area contributed by atoms with Crippen molar-refractivity contribution in [3.05, 3.63) is 53.1 Å². The van der Waals surface area contributed by atoms with E-state index in [0.717, 1.165) is 17.2 Å². The molecule has 0 saturated heterocycles. The number of rotatable bonds is 4. The van der Waals surface area contributed by atoms with Crippen molar-refractivity contribution in [1.82, 2.24) is 5.32 Å². The number of fused-ring (bicyclic) bond motifs is 1. The Balaban J connectivity index is 1.73. The maximum Gasteiger partial charge on any atom is 0.231 e. The highest BCUT2D eigenvalue weighted by Crippen LogP contribution is 2.34. The number of hydrogen-bond donors (Lipinski definition) is 2. The van der Waals surface area contributed by atoms with Gasteiger partial charge < -0.3 is 20.1 Å². The second kappa shape index (κ2) is 7.31. The van der Waals surface area contributed by atoms with E-state index >= 15 is 0 Å². The summed E-state index contributed by atoms with van der Waals surface area (Å²) in [6, 6.07) is 12.4. The van der Waals surface area contributed by atoms with Crippen molar-refractivity contribution < 1.29 is 9.47 Å². The topological polar surface area (TPSA) is 42.5 Å². The van der Waals surface area contributed by atoms with Gasteiger partial charge in [0.05, 0.1) is 6.04 Å². The second-order valence-corrected chi connectivity index (χ2v) is 7.16. The summed E-state index contributed by atoms with van der Waals surface area (Å²) in [4.78, 5) is 0. The monoisotopic (exact) mass is 356 g/mol. The van der Waals surface area contributed by atoms with E-state index in [0.29, 0.717) is 11.0 Å². The van der Waals surface area contributed by atoms with Gasteiger partial charge in [-0.25, -0.2) is 0 Å². The van der Waals surface area contributed by atoms with Crippen LogP contribution < -0.4 is 20.1 Å². The molecule has 2 aromatic carbocycles. The molecule has 0 spiro atoms. The minimum absolute atomic E-state index is 0.148. The minimum atomic E-state index is 0.148.